The van der Waals surface area contributed by atoms with Crippen LogP contribution in [-0.4, -0.2) is 29.5 Å². The molecule has 0 saturated carbocycles. The second-order valence-electron chi connectivity index (χ2n) is 4.86. The summed E-state index contributed by atoms with van der Waals surface area (Å²) < 4.78 is 5.55. The predicted octanol–water partition coefficient (Wildman–Crippen LogP) is 2.47. The standard InChI is InChI=1S/C12H22ClNO2/c1-4-12(3,7-8-13)14-11(15)10-6-5-9(2)16-10/h9-10H,4-8H2,1-3H3,(H,14,15). The van der Waals surface area contributed by atoms with Crippen molar-refractivity contribution in [1.29, 1.82) is 0 Å². The quantitative estimate of drug-likeness (QED) is 0.758. The number of hydrogen-bond donors (Lipinski definition) is 1. The van der Waals surface area contributed by atoms with Crippen LogP contribution < -0.4 is 5.32 Å². The molecule has 0 aromatic carbocycles. The molecule has 0 bridgehead atoms. The van der Waals surface area contributed by atoms with Crippen molar-refractivity contribution in [2.75, 3.05) is 5.88 Å². The number of rotatable bonds is 5. The summed E-state index contributed by atoms with van der Waals surface area (Å²) in [6.07, 6.45) is 3.41. The van der Waals surface area contributed by atoms with E-state index in [4.69, 9.17) is 16.3 Å². The van der Waals surface area contributed by atoms with E-state index < -0.39 is 0 Å². The molecule has 0 aromatic heterocycles. The molecule has 1 fully saturated rings. The lowest BCUT2D eigenvalue weighted by molar-refractivity contribution is -0.133. The number of halogens is 1. The van der Waals surface area contributed by atoms with Crippen molar-refractivity contribution in [2.45, 2.75) is 64.2 Å². The first-order valence-corrected chi connectivity index (χ1v) is 6.57. The van der Waals surface area contributed by atoms with Gasteiger partial charge >= 0.3 is 0 Å². The fourth-order valence-corrected chi connectivity index (χ4v) is 2.33. The van der Waals surface area contributed by atoms with Gasteiger partial charge in [-0.25, -0.2) is 0 Å². The molecule has 0 aromatic rings. The summed E-state index contributed by atoms with van der Waals surface area (Å²) in [7, 11) is 0. The Labute approximate surface area is 103 Å². The monoisotopic (exact) mass is 247 g/mol. The van der Waals surface area contributed by atoms with Gasteiger partial charge in [0.05, 0.1) is 6.10 Å². The summed E-state index contributed by atoms with van der Waals surface area (Å²) in [6.45, 7) is 6.10. The summed E-state index contributed by atoms with van der Waals surface area (Å²) in [5.74, 6) is 0.575. The molecule has 0 aliphatic carbocycles. The molecule has 0 radical (unpaired) electrons. The fourth-order valence-electron chi connectivity index (χ4n) is 1.91. The Morgan fingerprint density at radius 3 is 2.69 bits per heavy atom. The number of alkyl halides is 1. The summed E-state index contributed by atoms with van der Waals surface area (Å²) in [6, 6.07) is 0. The number of amides is 1. The Balaban J connectivity index is 2.48. The van der Waals surface area contributed by atoms with E-state index in [-0.39, 0.29) is 23.7 Å². The van der Waals surface area contributed by atoms with Gasteiger partial charge in [-0.2, -0.15) is 0 Å². The predicted molar refractivity (Wildman–Crippen MR) is 65.7 cm³/mol. The van der Waals surface area contributed by atoms with Gasteiger partial charge < -0.3 is 10.1 Å². The van der Waals surface area contributed by atoms with Crippen LogP contribution in [0, 0.1) is 0 Å². The van der Waals surface area contributed by atoms with Gasteiger partial charge in [0, 0.05) is 11.4 Å². The molecule has 16 heavy (non-hydrogen) atoms. The van der Waals surface area contributed by atoms with E-state index in [0.717, 1.165) is 25.7 Å². The van der Waals surface area contributed by atoms with Crippen molar-refractivity contribution >= 4 is 17.5 Å². The van der Waals surface area contributed by atoms with Crippen molar-refractivity contribution in [3.8, 4) is 0 Å². The van der Waals surface area contributed by atoms with E-state index in [1.807, 2.05) is 13.8 Å². The SMILES string of the molecule is CCC(C)(CCCl)NC(=O)C1CCC(C)O1. The molecule has 1 N–H and O–H groups in total. The summed E-state index contributed by atoms with van der Waals surface area (Å²) in [4.78, 5) is 12.0. The van der Waals surface area contributed by atoms with Crippen molar-refractivity contribution in [2.24, 2.45) is 0 Å². The largest absolute Gasteiger partial charge is 0.365 e. The van der Waals surface area contributed by atoms with Crippen molar-refractivity contribution in [3.05, 3.63) is 0 Å². The Hall–Kier alpha value is -0.280. The Morgan fingerprint density at radius 2 is 2.25 bits per heavy atom. The minimum absolute atomic E-state index is 0.0128. The molecule has 3 atom stereocenters. The third-order valence-electron chi connectivity index (χ3n) is 3.38. The highest BCUT2D eigenvalue weighted by Crippen LogP contribution is 2.21. The Bertz CT molecular complexity index is 247. The molecular formula is C12H22ClNO2. The van der Waals surface area contributed by atoms with Gasteiger partial charge in [-0.15, -0.1) is 11.6 Å². The molecule has 3 nitrogen and oxygen atoms in total. The Kier molecular flexibility index (Phi) is 5.06. The minimum Gasteiger partial charge on any atom is -0.365 e. The smallest absolute Gasteiger partial charge is 0.249 e. The molecule has 1 rings (SSSR count). The first-order valence-electron chi connectivity index (χ1n) is 6.04. The van der Waals surface area contributed by atoms with Gasteiger partial charge in [-0.1, -0.05) is 6.92 Å². The number of carbonyl (C=O) groups excluding carboxylic acids is 1. The van der Waals surface area contributed by atoms with Gasteiger partial charge in [0.2, 0.25) is 5.91 Å². The zero-order valence-electron chi connectivity index (χ0n) is 10.4. The van der Waals surface area contributed by atoms with Crippen molar-refractivity contribution < 1.29 is 9.53 Å². The summed E-state index contributed by atoms with van der Waals surface area (Å²) in [5.41, 5.74) is -0.200. The highest BCUT2D eigenvalue weighted by atomic mass is 35.5. The van der Waals surface area contributed by atoms with Gasteiger partial charge in [0.25, 0.3) is 0 Å². The van der Waals surface area contributed by atoms with E-state index in [2.05, 4.69) is 12.2 Å². The van der Waals surface area contributed by atoms with Gasteiger partial charge in [0.1, 0.15) is 6.10 Å². The van der Waals surface area contributed by atoms with Crippen LogP contribution in [0.5, 0.6) is 0 Å². The summed E-state index contributed by atoms with van der Waals surface area (Å²) in [5, 5.41) is 3.06. The lowest BCUT2D eigenvalue weighted by Gasteiger charge is -2.30. The van der Waals surface area contributed by atoms with Crippen LogP contribution >= 0.6 is 11.6 Å². The minimum atomic E-state index is -0.267. The number of ether oxygens (including phenoxy) is 1. The number of carbonyl (C=O) groups is 1. The lowest BCUT2D eigenvalue weighted by Crippen LogP contribution is -2.49. The molecule has 1 saturated heterocycles. The molecule has 1 amide bonds. The average Bonchev–Trinajstić information content (AvgIpc) is 2.65. The first-order chi connectivity index (χ1) is 7.50. The molecule has 4 heteroatoms. The lowest BCUT2D eigenvalue weighted by atomic mass is 9.95. The molecular weight excluding hydrogens is 226 g/mol. The molecule has 94 valence electrons. The molecule has 1 aliphatic rings. The van der Waals surface area contributed by atoms with Crippen LogP contribution in [0.15, 0.2) is 0 Å². The van der Waals surface area contributed by atoms with E-state index >= 15 is 0 Å². The van der Waals surface area contributed by atoms with Crippen LogP contribution in [-0.2, 0) is 9.53 Å². The van der Waals surface area contributed by atoms with Gasteiger partial charge in [-0.05, 0) is 39.5 Å². The maximum atomic E-state index is 12.0. The molecule has 0 spiro atoms. The molecule has 1 heterocycles. The highest BCUT2D eigenvalue weighted by Gasteiger charge is 2.32. The van der Waals surface area contributed by atoms with Gasteiger partial charge in [-0.3, -0.25) is 4.79 Å². The van der Waals surface area contributed by atoms with E-state index in [1.54, 1.807) is 0 Å². The summed E-state index contributed by atoms with van der Waals surface area (Å²) >= 11 is 5.75. The fraction of sp³-hybridized carbons (Fsp3) is 0.917. The van der Waals surface area contributed by atoms with Crippen molar-refractivity contribution in [3.63, 3.8) is 0 Å². The van der Waals surface area contributed by atoms with Crippen molar-refractivity contribution in [1.82, 2.24) is 5.32 Å². The van der Waals surface area contributed by atoms with E-state index in [1.165, 1.54) is 0 Å². The first kappa shape index (κ1) is 13.8. The number of hydrogen-bond acceptors (Lipinski definition) is 2. The third kappa shape index (κ3) is 3.63. The normalized spacial score (nSPS) is 28.8. The molecule has 3 unspecified atom stereocenters. The molecule has 1 aliphatic heterocycles. The van der Waals surface area contributed by atoms with E-state index in [0.29, 0.717) is 5.88 Å². The maximum Gasteiger partial charge on any atom is 0.249 e. The zero-order chi connectivity index (χ0) is 12.2. The maximum absolute atomic E-state index is 12.0. The topological polar surface area (TPSA) is 38.3 Å². The van der Waals surface area contributed by atoms with E-state index in [9.17, 15) is 4.79 Å². The van der Waals surface area contributed by atoms with Gasteiger partial charge in [0.15, 0.2) is 0 Å². The Morgan fingerprint density at radius 1 is 1.56 bits per heavy atom. The van der Waals surface area contributed by atoms with Crippen LogP contribution in [0.1, 0.15) is 46.5 Å². The van der Waals surface area contributed by atoms with Crippen LogP contribution in [0.2, 0.25) is 0 Å². The van der Waals surface area contributed by atoms with Crippen LogP contribution in [0.25, 0.3) is 0 Å². The zero-order valence-corrected chi connectivity index (χ0v) is 11.1. The highest BCUT2D eigenvalue weighted by molar-refractivity contribution is 6.17. The number of nitrogens with one attached hydrogen (secondary N) is 1. The third-order valence-corrected chi connectivity index (χ3v) is 3.56. The van der Waals surface area contributed by atoms with Crippen LogP contribution in [0.4, 0.5) is 0 Å². The second-order valence-corrected chi connectivity index (χ2v) is 5.23. The second kappa shape index (κ2) is 5.87. The average molecular weight is 248 g/mol. The van der Waals surface area contributed by atoms with Crippen LogP contribution in [0.3, 0.4) is 0 Å².